The van der Waals surface area contributed by atoms with Gasteiger partial charge < -0.3 is 105 Å². The van der Waals surface area contributed by atoms with Gasteiger partial charge in [-0.1, -0.05) is 0 Å². The van der Waals surface area contributed by atoms with E-state index in [1.54, 1.807) is 0 Å². The van der Waals surface area contributed by atoms with Gasteiger partial charge >= 0.3 is 0 Å². The zero-order valence-electron chi connectivity index (χ0n) is 24.1. The molecule has 3 rings (SSSR count). The Balaban J connectivity index is 0.000000320. The average Bonchev–Trinajstić information content (AvgIpc) is 3.31. The van der Waals surface area contributed by atoms with Crippen LogP contribution in [-0.2, 0) is 28.5 Å². The molecule has 3 saturated heterocycles. The van der Waals surface area contributed by atoms with Gasteiger partial charge in [0, 0.05) is 0 Å². The highest BCUT2D eigenvalue weighted by molar-refractivity contribution is 5.84. The van der Waals surface area contributed by atoms with Crippen molar-refractivity contribution in [2.75, 3.05) is 39.6 Å². The molecule has 3 aliphatic heterocycles. The number of aliphatic hydroxyl groups excluding tert-OH is 15. The van der Waals surface area contributed by atoms with Crippen LogP contribution in [-0.4, -0.2) is 231 Å². The lowest BCUT2D eigenvalue weighted by atomic mass is 9.99. The fourth-order valence-corrected chi connectivity index (χ4v) is 4.59. The zero-order chi connectivity index (χ0) is 35.1. The van der Waals surface area contributed by atoms with E-state index in [1.165, 1.54) is 0 Å². The van der Waals surface area contributed by atoms with Crippen molar-refractivity contribution in [2.45, 2.75) is 104 Å². The Kier molecular flexibility index (Phi) is 16.0. The van der Waals surface area contributed by atoms with Gasteiger partial charge in [0.05, 0.1) is 33.0 Å². The SMILES string of the molecule is O=C(COC1O[C@H](CO)[C@H](O)[C@H](O)[C@H]1O)[C@@H](O)[C@H](O)[C@H](O)CO.OC[C@H]1O[C@@H](O[C@@H]2[C@@H](CO)O[C@](O)(CO)[C@H]2O)[C@H](O)[C@@H](O)[C@H]1O. The summed E-state index contributed by atoms with van der Waals surface area (Å²) in [6.45, 7) is -4.74. The van der Waals surface area contributed by atoms with E-state index in [0.29, 0.717) is 0 Å². The molecule has 16 N–H and O–H groups in total. The normalized spacial score (nSPS) is 43.3. The van der Waals surface area contributed by atoms with E-state index in [0.717, 1.165) is 0 Å². The fourth-order valence-electron chi connectivity index (χ4n) is 4.59. The van der Waals surface area contributed by atoms with E-state index in [1.807, 2.05) is 0 Å². The fraction of sp³-hybridized carbons (Fsp3) is 0.958. The Bertz CT molecular complexity index is 911. The molecule has 3 heterocycles. The summed E-state index contributed by atoms with van der Waals surface area (Å²) in [5, 5.41) is 151. The Morgan fingerprint density at radius 1 is 0.696 bits per heavy atom. The smallest absolute Gasteiger partial charge is 0.219 e. The average molecular weight is 685 g/mol. The lowest BCUT2D eigenvalue weighted by molar-refractivity contribution is -0.318. The monoisotopic (exact) mass is 684 g/mol. The van der Waals surface area contributed by atoms with Crippen LogP contribution in [0.25, 0.3) is 0 Å². The predicted octanol–water partition coefficient (Wildman–Crippen LogP) is -10.9. The van der Waals surface area contributed by atoms with Crippen LogP contribution in [0.2, 0.25) is 0 Å². The molecule has 0 spiro atoms. The molecular formula is C24H44O22. The standard InChI is InChI=1S/2C12H22O11/c13-1-4-6(16)7(17)8(18)11(21-4)22-9-5(2-14)23-12(20,3-15)10(9)19;13-1-4(15)7(17)8(18)5(16)3-22-12-11(21)10(20)9(19)6(2-14)23-12/h4-11,13-20H,1-3H2;4,6-15,17-21H,1-3H2/t4-,5-,6+,7+,8-,9-,10+,11+,12-;4-,6-,7-,8-,9+,10+,11-,12?/m11/s1. The van der Waals surface area contributed by atoms with Crippen LogP contribution in [0.3, 0.4) is 0 Å². The van der Waals surface area contributed by atoms with Crippen molar-refractivity contribution in [1.29, 1.82) is 0 Å². The summed E-state index contributed by atoms with van der Waals surface area (Å²) in [4.78, 5) is 11.6. The molecule has 0 aromatic carbocycles. The third-order valence-electron chi connectivity index (χ3n) is 7.51. The summed E-state index contributed by atoms with van der Waals surface area (Å²) in [7, 11) is 0. The van der Waals surface area contributed by atoms with E-state index in [4.69, 9.17) is 49.2 Å². The molecule has 46 heavy (non-hydrogen) atoms. The predicted molar refractivity (Wildman–Crippen MR) is 138 cm³/mol. The zero-order valence-corrected chi connectivity index (χ0v) is 24.1. The van der Waals surface area contributed by atoms with Crippen LogP contribution in [0, 0.1) is 0 Å². The lowest BCUT2D eigenvalue weighted by Gasteiger charge is -2.41. The first-order chi connectivity index (χ1) is 21.5. The van der Waals surface area contributed by atoms with Gasteiger partial charge in [0.15, 0.2) is 18.4 Å². The minimum atomic E-state index is -2.37. The Labute approximate surface area is 260 Å². The number of aliphatic hydroxyl groups is 16. The molecule has 0 saturated carbocycles. The molecular weight excluding hydrogens is 640 g/mol. The van der Waals surface area contributed by atoms with Crippen molar-refractivity contribution in [3.8, 4) is 0 Å². The molecule has 1 unspecified atom stereocenters. The largest absolute Gasteiger partial charge is 0.394 e. The minimum Gasteiger partial charge on any atom is -0.394 e. The molecule has 22 nitrogen and oxygen atoms in total. The molecule has 0 aliphatic carbocycles. The first-order valence-electron chi connectivity index (χ1n) is 13.9. The van der Waals surface area contributed by atoms with Crippen LogP contribution in [0.4, 0.5) is 0 Å². The van der Waals surface area contributed by atoms with Crippen LogP contribution in [0.15, 0.2) is 0 Å². The molecule has 272 valence electrons. The summed E-state index contributed by atoms with van der Waals surface area (Å²) >= 11 is 0. The van der Waals surface area contributed by atoms with Gasteiger partial charge in [0.25, 0.3) is 0 Å². The third kappa shape index (κ3) is 9.29. The van der Waals surface area contributed by atoms with Crippen LogP contribution < -0.4 is 0 Å². The van der Waals surface area contributed by atoms with Gasteiger partial charge in [0.1, 0.15) is 92.1 Å². The number of ether oxygens (including phenoxy) is 5. The van der Waals surface area contributed by atoms with Crippen LogP contribution >= 0.6 is 0 Å². The van der Waals surface area contributed by atoms with Gasteiger partial charge in [-0.25, -0.2) is 0 Å². The maximum Gasteiger partial charge on any atom is 0.219 e. The number of carbonyl (C=O) groups excluding carboxylic acids is 1. The van der Waals surface area contributed by atoms with Crippen molar-refractivity contribution in [2.24, 2.45) is 0 Å². The summed E-state index contributed by atoms with van der Waals surface area (Å²) in [6.07, 6.45) is -25.7. The van der Waals surface area contributed by atoms with E-state index in [9.17, 15) is 61.0 Å². The quantitative estimate of drug-likeness (QED) is 0.0856. The van der Waals surface area contributed by atoms with E-state index >= 15 is 0 Å². The van der Waals surface area contributed by atoms with Crippen molar-refractivity contribution < 1.29 is 110 Å². The summed E-state index contributed by atoms with van der Waals surface area (Å²) in [5.74, 6) is -3.45. The molecule has 0 radical (unpaired) electrons. The summed E-state index contributed by atoms with van der Waals surface area (Å²) < 4.78 is 25.2. The second kappa shape index (κ2) is 18.0. The highest BCUT2D eigenvalue weighted by Crippen LogP contribution is 2.33. The van der Waals surface area contributed by atoms with Gasteiger partial charge in [0.2, 0.25) is 5.79 Å². The first-order valence-corrected chi connectivity index (χ1v) is 13.9. The van der Waals surface area contributed by atoms with Gasteiger partial charge in [-0.05, 0) is 0 Å². The van der Waals surface area contributed by atoms with Crippen molar-refractivity contribution in [1.82, 2.24) is 0 Å². The van der Waals surface area contributed by atoms with E-state index in [2.05, 4.69) is 0 Å². The molecule has 0 bridgehead atoms. The summed E-state index contributed by atoms with van der Waals surface area (Å²) in [6, 6.07) is 0. The molecule has 17 atom stereocenters. The van der Waals surface area contributed by atoms with Gasteiger partial charge in [-0.3, -0.25) is 4.79 Å². The number of hydrogen-bond donors (Lipinski definition) is 16. The van der Waals surface area contributed by atoms with Crippen molar-refractivity contribution in [3.05, 3.63) is 0 Å². The molecule has 0 aromatic rings. The number of rotatable bonds is 13. The lowest BCUT2D eigenvalue weighted by Crippen LogP contribution is -2.60. The maximum absolute atomic E-state index is 11.6. The van der Waals surface area contributed by atoms with Gasteiger partial charge in [-0.2, -0.15) is 0 Å². The highest BCUT2D eigenvalue weighted by Gasteiger charge is 2.56. The second-order valence-electron chi connectivity index (χ2n) is 10.7. The van der Waals surface area contributed by atoms with E-state index in [-0.39, 0.29) is 0 Å². The maximum atomic E-state index is 11.6. The van der Waals surface area contributed by atoms with Crippen molar-refractivity contribution in [3.63, 3.8) is 0 Å². The van der Waals surface area contributed by atoms with E-state index < -0.39 is 149 Å². The minimum absolute atomic E-state index is 0.668. The summed E-state index contributed by atoms with van der Waals surface area (Å²) in [5.41, 5.74) is 0. The van der Waals surface area contributed by atoms with Crippen LogP contribution in [0.1, 0.15) is 0 Å². The topological polar surface area (TPSA) is 387 Å². The molecule has 3 fully saturated rings. The van der Waals surface area contributed by atoms with Gasteiger partial charge in [-0.15, -0.1) is 0 Å². The Morgan fingerprint density at radius 2 is 1.17 bits per heavy atom. The Hall–Kier alpha value is -1.17. The molecule has 22 heteroatoms. The number of ketones is 1. The highest BCUT2D eigenvalue weighted by atomic mass is 16.7. The Morgan fingerprint density at radius 3 is 1.63 bits per heavy atom. The third-order valence-corrected chi connectivity index (χ3v) is 7.51. The number of carbonyl (C=O) groups is 1. The molecule has 0 amide bonds. The first kappa shape index (κ1) is 41.0. The molecule has 0 aromatic heterocycles. The number of Topliss-reactive ketones (excluding diaryl/α,β-unsaturated/α-hetero) is 1. The second-order valence-corrected chi connectivity index (χ2v) is 10.7. The van der Waals surface area contributed by atoms with Crippen LogP contribution in [0.5, 0.6) is 0 Å². The number of hydrogen-bond acceptors (Lipinski definition) is 22. The molecule has 3 aliphatic rings. The van der Waals surface area contributed by atoms with Crippen molar-refractivity contribution >= 4 is 5.78 Å².